The molecule has 4 nitrogen and oxygen atoms in total. The van der Waals surface area contributed by atoms with Gasteiger partial charge in [0.25, 0.3) is 0 Å². The Balaban J connectivity index is 2.53. The van der Waals surface area contributed by atoms with Gasteiger partial charge in [0.2, 0.25) is 0 Å². The third kappa shape index (κ3) is 1.03. The first kappa shape index (κ1) is 7.72. The maximum absolute atomic E-state index is 8.83. The highest BCUT2D eigenvalue weighted by Crippen LogP contribution is 2.16. The molecular weight excluding hydrogens is 174 g/mol. The van der Waals surface area contributed by atoms with Gasteiger partial charge in [-0.1, -0.05) is 0 Å². The number of aliphatic hydroxyl groups is 1. The van der Waals surface area contributed by atoms with Gasteiger partial charge in [0, 0.05) is 11.6 Å². The van der Waals surface area contributed by atoms with Crippen molar-refractivity contribution in [2.75, 3.05) is 6.61 Å². The zero-order chi connectivity index (χ0) is 8.55. The van der Waals surface area contributed by atoms with E-state index < -0.39 is 0 Å². The number of fused-ring (bicyclic) bond motifs is 1. The normalized spacial score (nSPS) is 13.8. The molecule has 0 bridgehead atoms. The van der Waals surface area contributed by atoms with Gasteiger partial charge in [-0.05, 0) is 0 Å². The van der Waals surface area contributed by atoms with E-state index in [4.69, 9.17) is 10.8 Å². The number of aromatic nitrogens is 2. The highest BCUT2D eigenvalue weighted by atomic mass is 32.1. The van der Waals surface area contributed by atoms with Crippen LogP contribution < -0.4 is 5.73 Å². The molecule has 64 valence electrons. The number of hydrogen-bond donors (Lipinski definition) is 2. The molecule has 2 aromatic heterocycles. The topological polar surface area (TPSA) is 63.5 Å². The van der Waals surface area contributed by atoms with Gasteiger partial charge in [-0.25, -0.2) is 4.98 Å². The molecule has 3 N–H and O–H groups in total. The highest BCUT2D eigenvalue weighted by molar-refractivity contribution is 7.15. The first-order valence-corrected chi connectivity index (χ1v) is 4.48. The molecule has 1 atom stereocenters. The minimum atomic E-state index is -0.387. The maximum atomic E-state index is 8.83. The molecule has 0 saturated carbocycles. The van der Waals surface area contributed by atoms with E-state index in [0.717, 1.165) is 4.83 Å². The lowest BCUT2D eigenvalue weighted by atomic mass is 10.3. The molecule has 2 rings (SSSR count). The van der Waals surface area contributed by atoms with Crippen LogP contribution >= 0.6 is 11.3 Å². The minimum absolute atomic E-state index is 0.0744. The predicted octanol–water partition coefficient (Wildman–Crippen LogP) is 0.388. The Morgan fingerprint density at radius 3 is 3.33 bits per heavy atom. The van der Waals surface area contributed by atoms with Crippen LogP contribution in [0.25, 0.3) is 4.83 Å². The van der Waals surface area contributed by atoms with Crippen LogP contribution in [0.2, 0.25) is 0 Å². The second-order valence-corrected chi connectivity index (χ2v) is 3.44. The SMILES string of the molecule is N[C@@H](CO)c1ncc2sccn12. The van der Waals surface area contributed by atoms with Gasteiger partial charge in [-0.3, -0.25) is 4.40 Å². The Labute approximate surface area is 73.3 Å². The lowest BCUT2D eigenvalue weighted by Crippen LogP contribution is -2.17. The summed E-state index contributed by atoms with van der Waals surface area (Å²) in [6.07, 6.45) is 3.66. The molecule has 2 aromatic rings. The third-order valence-electron chi connectivity index (χ3n) is 1.72. The summed E-state index contributed by atoms with van der Waals surface area (Å²) in [7, 11) is 0. The van der Waals surface area contributed by atoms with Crippen LogP contribution in [0.15, 0.2) is 17.8 Å². The van der Waals surface area contributed by atoms with Crippen molar-refractivity contribution in [2.24, 2.45) is 5.73 Å². The first-order chi connectivity index (χ1) is 5.83. The fraction of sp³-hybridized carbons (Fsp3) is 0.286. The molecule has 12 heavy (non-hydrogen) atoms. The second-order valence-electron chi connectivity index (χ2n) is 2.52. The molecule has 0 radical (unpaired) electrons. The van der Waals surface area contributed by atoms with E-state index in [9.17, 15) is 0 Å². The van der Waals surface area contributed by atoms with Crippen LogP contribution in [-0.4, -0.2) is 21.1 Å². The molecule has 0 aliphatic carbocycles. The van der Waals surface area contributed by atoms with E-state index in [1.807, 2.05) is 16.0 Å². The van der Waals surface area contributed by atoms with Gasteiger partial charge in [0.1, 0.15) is 10.7 Å². The fourth-order valence-electron chi connectivity index (χ4n) is 1.11. The van der Waals surface area contributed by atoms with Gasteiger partial charge in [-0.2, -0.15) is 0 Å². The summed E-state index contributed by atoms with van der Waals surface area (Å²) in [5.74, 6) is 0.716. The quantitative estimate of drug-likeness (QED) is 0.707. The van der Waals surface area contributed by atoms with Crippen LogP contribution in [0, 0.1) is 0 Å². The standard InChI is InChI=1S/C7H9N3OS/c8-5(4-11)7-9-3-6-10(7)1-2-12-6/h1-3,5,11H,4,8H2/t5-/m0/s1. The molecule has 5 heteroatoms. The summed E-state index contributed by atoms with van der Waals surface area (Å²) in [6, 6.07) is -0.387. The maximum Gasteiger partial charge on any atom is 0.133 e. The molecule has 0 aliphatic heterocycles. The van der Waals surface area contributed by atoms with Gasteiger partial charge in [0.05, 0.1) is 18.8 Å². The molecule has 0 aliphatic rings. The van der Waals surface area contributed by atoms with Crippen molar-refractivity contribution in [1.82, 2.24) is 9.38 Å². The average molecular weight is 183 g/mol. The number of thiazole rings is 1. The Kier molecular flexibility index (Phi) is 1.84. The first-order valence-electron chi connectivity index (χ1n) is 3.60. The molecule has 0 spiro atoms. The monoisotopic (exact) mass is 183 g/mol. The number of nitrogens with zero attached hydrogens (tertiary/aromatic N) is 2. The summed E-state index contributed by atoms with van der Waals surface area (Å²) in [5, 5.41) is 10.8. The largest absolute Gasteiger partial charge is 0.394 e. The van der Waals surface area contributed by atoms with Crippen molar-refractivity contribution in [3.05, 3.63) is 23.6 Å². The highest BCUT2D eigenvalue weighted by Gasteiger charge is 2.11. The van der Waals surface area contributed by atoms with Gasteiger partial charge < -0.3 is 10.8 Å². The van der Waals surface area contributed by atoms with Crippen LogP contribution in [0.3, 0.4) is 0 Å². The van der Waals surface area contributed by atoms with Crippen molar-refractivity contribution in [3.8, 4) is 0 Å². The molecule has 0 saturated heterocycles. The van der Waals surface area contributed by atoms with E-state index in [-0.39, 0.29) is 12.6 Å². The Morgan fingerprint density at radius 2 is 2.58 bits per heavy atom. The number of rotatable bonds is 2. The molecule has 0 unspecified atom stereocenters. The Hall–Kier alpha value is -0.910. The van der Waals surface area contributed by atoms with Gasteiger partial charge >= 0.3 is 0 Å². The lowest BCUT2D eigenvalue weighted by molar-refractivity contribution is 0.263. The van der Waals surface area contributed by atoms with Crippen molar-refractivity contribution in [1.29, 1.82) is 0 Å². The lowest BCUT2D eigenvalue weighted by Gasteiger charge is -2.04. The van der Waals surface area contributed by atoms with Crippen LogP contribution in [0.4, 0.5) is 0 Å². The number of imidazole rings is 1. The smallest absolute Gasteiger partial charge is 0.133 e. The number of aliphatic hydroxyl groups excluding tert-OH is 1. The van der Waals surface area contributed by atoms with E-state index in [0.29, 0.717) is 5.82 Å². The number of hydrogen-bond acceptors (Lipinski definition) is 4. The Bertz CT molecular complexity index is 381. The molecular formula is C7H9N3OS. The van der Waals surface area contributed by atoms with Crippen molar-refractivity contribution in [3.63, 3.8) is 0 Å². The molecule has 0 fully saturated rings. The van der Waals surface area contributed by atoms with Crippen LogP contribution in [-0.2, 0) is 0 Å². The van der Waals surface area contributed by atoms with Crippen molar-refractivity contribution < 1.29 is 5.11 Å². The zero-order valence-corrected chi connectivity index (χ0v) is 7.16. The third-order valence-corrected chi connectivity index (χ3v) is 2.52. The summed E-state index contributed by atoms with van der Waals surface area (Å²) in [4.78, 5) is 5.16. The predicted molar refractivity (Wildman–Crippen MR) is 47.1 cm³/mol. The summed E-state index contributed by atoms with van der Waals surface area (Å²) in [5.41, 5.74) is 5.64. The van der Waals surface area contributed by atoms with Gasteiger partial charge in [-0.15, -0.1) is 11.3 Å². The molecule has 0 aromatic carbocycles. The summed E-state index contributed by atoms with van der Waals surface area (Å²) in [6.45, 7) is -0.0744. The molecule has 2 heterocycles. The summed E-state index contributed by atoms with van der Waals surface area (Å²) >= 11 is 1.60. The second kappa shape index (κ2) is 2.85. The van der Waals surface area contributed by atoms with E-state index in [2.05, 4.69) is 4.98 Å². The van der Waals surface area contributed by atoms with E-state index >= 15 is 0 Å². The van der Waals surface area contributed by atoms with Crippen LogP contribution in [0.1, 0.15) is 11.9 Å². The average Bonchev–Trinajstić information content (AvgIpc) is 2.62. The van der Waals surface area contributed by atoms with Crippen molar-refractivity contribution in [2.45, 2.75) is 6.04 Å². The molecule has 0 amide bonds. The number of nitrogens with two attached hydrogens (primary N) is 1. The summed E-state index contributed by atoms with van der Waals surface area (Å²) < 4.78 is 1.89. The fourth-order valence-corrected chi connectivity index (χ4v) is 1.82. The van der Waals surface area contributed by atoms with E-state index in [1.54, 1.807) is 17.5 Å². The Morgan fingerprint density at radius 1 is 1.75 bits per heavy atom. The zero-order valence-electron chi connectivity index (χ0n) is 6.34. The minimum Gasteiger partial charge on any atom is -0.394 e. The van der Waals surface area contributed by atoms with Gasteiger partial charge in [0.15, 0.2) is 0 Å². The van der Waals surface area contributed by atoms with Crippen LogP contribution in [0.5, 0.6) is 0 Å². The van der Waals surface area contributed by atoms with Crippen molar-refractivity contribution >= 4 is 16.2 Å². The van der Waals surface area contributed by atoms with E-state index in [1.165, 1.54) is 0 Å².